The molecule has 1 radical (unpaired) electrons. The number of aliphatic imine (C=N–C) groups is 4. The molecule has 0 fully saturated rings. The van der Waals surface area contributed by atoms with Crippen LogP contribution in [0.25, 0.3) is 21.6 Å². The average Bonchev–Trinajstić information content (AvgIpc) is 3.61. The van der Waals surface area contributed by atoms with Gasteiger partial charge in [-0.05, 0) is 125 Å². The van der Waals surface area contributed by atoms with E-state index in [2.05, 4.69) is 60.9 Å². The number of allylic oxidation sites excluding steroid dienone is 4. The van der Waals surface area contributed by atoms with Crippen molar-refractivity contribution in [2.75, 3.05) is 0 Å². The van der Waals surface area contributed by atoms with Gasteiger partial charge in [0.25, 0.3) is 0 Å². The Morgan fingerprint density at radius 3 is 0.605 bits per heavy atom. The molecule has 455 valence electrons. The van der Waals surface area contributed by atoms with Crippen LogP contribution in [0.3, 0.4) is 0 Å². The molecule has 0 aliphatic rings. The maximum atomic E-state index is 9.95. The van der Waals surface area contributed by atoms with E-state index in [0.29, 0.717) is 22.7 Å². The number of nitrogens with one attached hydrogen (secondary N) is 4. The van der Waals surface area contributed by atoms with E-state index in [4.69, 9.17) is 44.6 Å². The second kappa shape index (κ2) is 43.7. The van der Waals surface area contributed by atoms with Gasteiger partial charge in [-0.2, -0.15) is 0 Å². The number of hydrogen-bond donors (Lipinski definition) is 12. The van der Waals surface area contributed by atoms with Gasteiger partial charge in [0.05, 0.1) is 42.9 Å². The number of thioether (sulfide) groups is 4. The van der Waals surface area contributed by atoms with Gasteiger partial charge >= 0.3 is 34.1 Å². The van der Waals surface area contributed by atoms with Crippen LogP contribution in [0.2, 0.25) is 0 Å². The first-order valence-electron chi connectivity index (χ1n) is 23.6. The third-order valence-electron chi connectivity index (χ3n) is 8.23. The standard InChI is InChI=1S/4C13H15N6OS.Cu.Fe/c4*1-8(14)11(18-19-13(16)21-9(2)15)12(20)17-10-6-4-3-5-7-10;;/h4*3-7,15H,14H2,1-2H3,(H,17,20);;/q4*-1;2*+2. The minimum absolute atomic E-state index is 0. The van der Waals surface area contributed by atoms with Crippen LogP contribution in [0, 0.1) is 21.6 Å². The Bertz CT molecular complexity index is 2930. The normalized spacial score (nSPS) is 12.8. The molecule has 16 N–H and O–H groups in total. The summed E-state index contributed by atoms with van der Waals surface area (Å²) in [5.74, 6) is -1.63. The summed E-state index contributed by atoms with van der Waals surface area (Å²) in [6.07, 6.45) is 0. The van der Waals surface area contributed by atoms with E-state index in [9.17, 15) is 42.1 Å². The first kappa shape index (κ1) is 79.2. The van der Waals surface area contributed by atoms with Crippen LogP contribution in [-0.4, -0.2) is 84.9 Å². The van der Waals surface area contributed by atoms with Gasteiger partial charge in [-0.3, -0.25) is 42.1 Å². The molecule has 0 aliphatic carbocycles. The van der Waals surface area contributed by atoms with Crippen LogP contribution in [0.4, 0.5) is 22.7 Å². The molecule has 0 aliphatic heterocycles. The molecule has 4 aromatic rings. The Labute approximate surface area is 534 Å². The van der Waals surface area contributed by atoms with Crippen molar-refractivity contribution >= 4 is 134 Å². The maximum absolute atomic E-state index is 9.95. The van der Waals surface area contributed by atoms with E-state index >= 15 is 0 Å². The Morgan fingerprint density at radius 2 is 0.477 bits per heavy atom. The van der Waals surface area contributed by atoms with Crippen LogP contribution < -0.4 is 22.9 Å². The Hall–Kier alpha value is -8.88. The molecule has 0 aromatic heterocycles. The molecule has 0 bridgehead atoms. The number of hydrogen-bond acceptors (Lipinski definition) is 20. The van der Waals surface area contributed by atoms with Crippen molar-refractivity contribution in [2.24, 2.45) is 83.8 Å². The largest absolute Gasteiger partial charge is 2.00 e. The minimum atomic E-state index is -0.422. The topological polar surface area (TPSA) is 518 Å². The Morgan fingerprint density at radius 1 is 0.326 bits per heavy atom. The average molecular weight is 1330 g/mol. The van der Waals surface area contributed by atoms with Crippen molar-refractivity contribution in [3.63, 3.8) is 0 Å². The van der Waals surface area contributed by atoms with Gasteiger partial charge in [0, 0.05) is 22.8 Å². The zero-order chi connectivity index (χ0) is 63.3. The predicted molar refractivity (Wildman–Crippen MR) is 349 cm³/mol. The van der Waals surface area contributed by atoms with Crippen molar-refractivity contribution < 1.29 is 54.6 Å². The van der Waals surface area contributed by atoms with Crippen molar-refractivity contribution in [1.82, 2.24) is 0 Å². The molecule has 0 amide bonds. The maximum Gasteiger partial charge on any atom is 2.00 e. The van der Waals surface area contributed by atoms with Crippen LogP contribution in [0.15, 0.2) is 228 Å². The number of amidine groups is 4. The SMILES string of the molecule is CC(=N)SC(=[N-])N=NC(C(O)=Nc1ccccc1)=C(C)N.CC(=N)SC(=[N-])N=NC(C(O)=Nc1ccccc1)=C(C)N.CC(=N)SC(=[N-])N=NC(C(O)=Nc1ccccc1)=C(C)N.CC(=N)SC(=[N-])N=NC(C(O)=Nc1ccccc1)=C(C)N.[Cu+2].[Fe+2]. The third-order valence-corrected chi connectivity index (χ3v) is 10.5. The molecule has 0 atom stereocenters. The molecule has 0 spiro atoms. The fraction of sp³-hybridized carbons (Fsp3) is 0.154. The predicted octanol–water partition coefficient (Wildman–Crippen LogP) is 14.3. The summed E-state index contributed by atoms with van der Waals surface area (Å²) in [5.41, 5.74) is 25.2. The van der Waals surface area contributed by atoms with Gasteiger partial charge < -0.3 is 85.5 Å². The summed E-state index contributed by atoms with van der Waals surface area (Å²) in [4.78, 5) is 15.8. The van der Waals surface area contributed by atoms with Crippen LogP contribution >= 0.6 is 47.0 Å². The molecular weight excluding hydrogens is 1270 g/mol. The Kier molecular flexibility index (Phi) is 40.3. The first-order valence-corrected chi connectivity index (χ1v) is 26.9. The number of aliphatic hydroxyl groups is 4. The van der Waals surface area contributed by atoms with Gasteiger partial charge in [0.1, 0.15) is 22.8 Å². The van der Waals surface area contributed by atoms with Crippen molar-refractivity contribution in [1.29, 1.82) is 21.6 Å². The molecule has 34 heteroatoms. The molecule has 4 rings (SSSR count). The zero-order valence-electron chi connectivity index (χ0n) is 47.1. The Balaban J connectivity index is 0. The summed E-state index contributed by atoms with van der Waals surface area (Å²) >= 11 is 2.94. The van der Waals surface area contributed by atoms with E-state index in [1.807, 2.05) is 24.3 Å². The van der Waals surface area contributed by atoms with Gasteiger partial charge in [-0.15, -0.1) is 0 Å². The molecule has 4 aromatic carbocycles. The first-order chi connectivity index (χ1) is 39.6. The van der Waals surface area contributed by atoms with Crippen LogP contribution in [-0.2, 0) is 34.1 Å². The molecule has 86 heavy (non-hydrogen) atoms. The fourth-order valence-corrected chi connectivity index (χ4v) is 6.33. The van der Waals surface area contributed by atoms with Crippen molar-refractivity contribution in [2.45, 2.75) is 55.4 Å². The summed E-state index contributed by atoms with van der Waals surface area (Å²) in [6, 6.07) is 35.1. The third kappa shape index (κ3) is 36.0. The quantitative estimate of drug-likeness (QED) is 0.0273. The number of aliphatic hydroxyl groups excluding tert-OH is 4. The fourth-order valence-electron chi connectivity index (χ4n) is 4.91. The number of rotatable bonds is 12. The second-order valence-electron chi connectivity index (χ2n) is 15.8. The van der Waals surface area contributed by atoms with E-state index in [-0.39, 0.29) is 99.9 Å². The van der Waals surface area contributed by atoms with Gasteiger partial charge in [0.15, 0.2) is 0 Å². The molecule has 28 nitrogen and oxygen atoms in total. The number of nitrogens with two attached hydrogens (primary N) is 4. The smallest absolute Gasteiger partial charge is 0.492 e. The van der Waals surface area contributed by atoms with Crippen molar-refractivity contribution in [3.05, 3.63) is 189 Å². The summed E-state index contributed by atoms with van der Waals surface area (Å²) in [6.45, 7) is 12.1. The molecular formula is C52H60CuFeN24O4S4. The van der Waals surface area contributed by atoms with E-state index < -0.39 is 44.3 Å². The second-order valence-corrected chi connectivity index (χ2v) is 20.5. The summed E-state index contributed by atoms with van der Waals surface area (Å²) in [7, 11) is 0. The molecule has 0 saturated heterocycles. The molecule has 0 saturated carbocycles. The van der Waals surface area contributed by atoms with Crippen molar-refractivity contribution in [3.8, 4) is 0 Å². The van der Waals surface area contributed by atoms with Gasteiger partial charge in [0.2, 0.25) is 23.6 Å². The number of azo groups is 4. The van der Waals surface area contributed by atoms with E-state index in [1.165, 1.54) is 55.4 Å². The van der Waals surface area contributed by atoms with E-state index in [1.54, 1.807) is 97.1 Å². The minimum Gasteiger partial charge on any atom is -0.492 e. The van der Waals surface area contributed by atoms with Crippen LogP contribution in [0.5, 0.6) is 0 Å². The van der Waals surface area contributed by atoms with Crippen LogP contribution in [0.1, 0.15) is 55.4 Å². The number of benzene rings is 4. The number of nitrogens with zero attached hydrogens (tertiary/aromatic N) is 16. The summed E-state index contributed by atoms with van der Waals surface area (Å²) < 4.78 is 0. The van der Waals surface area contributed by atoms with Gasteiger partial charge in [-0.1, -0.05) is 120 Å². The summed E-state index contributed by atoms with van der Waals surface area (Å²) in [5, 5.41) is 134. The molecule has 0 unspecified atom stereocenters. The number of para-hydroxylation sites is 4. The zero-order valence-corrected chi connectivity index (χ0v) is 52.4. The monoisotopic (exact) mass is 1330 g/mol. The van der Waals surface area contributed by atoms with Gasteiger partial charge in [-0.25, -0.2) is 20.0 Å². The molecule has 0 heterocycles. The van der Waals surface area contributed by atoms with E-state index in [0.717, 1.165) is 47.0 Å².